The van der Waals surface area contributed by atoms with Gasteiger partial charge in [-0.05, 0) is 31.1 Å². The molecule has 0 aliphatic carbocycles. The first kappa shape index (κ1) is 55.4. The van der Waals surface area contributed by atoms with E-state index in [0.29, 0.717) is 19.3 Å². The molecule has 0 heterocycles. The molecule has 6 nitrogen and oxygen atoms in total. The van der Waals surface area contributed by atoms with Gasteiger partial charge in [0.15, 0.2) is 6.10 Å². The molecule has 0 N–H and O–H groups in total. The van der Waals surface area contributed by atoms with Crippen LogP contribution in [0.3, 0.4) is 0 Å². The molecule has 6 heteroatoms. The molecular formula is C51H98O6. The maximum atomic E-state index is 12.7. The van der Waals surface area contributed by atoms with Crippen LogP contribution in [0, 0.1) is 11.8 Å². The Hall–Kier alpha value is -1.59. The third-order valence-electron chi connectivity index (χ3n) is 11.8. The summed E-state index contributed by atoms with van der Waals surface area (Å²) in [6, 6.07) is 0. The summed E-state index contributed by atoms with van der Waals surface area (Å²) in [6.45, 7) is 11.4. The second-order valence-corrected chi connectivity index (χ2v) is 18.2. The number of esters is 3. The Bertz CT molecular complexity index is 872. The van der Waals surface area contributed by atoms with Crippen molar-refractivity contribution in [2.24, 2.45) is 11.8 Å². The second kappa shape index (κ2) is 44.0. The predicted octanol–water partition coefficient (Wildman–Crippen LogP) is 16.1. The molecule has 0 aromatic carbocycles. The van der Waals surface area contributed by atoms with Gasteiger partial charge in [0.2, 0.25) is 0 Å². The first-order chi connectivity index (χ1) is 27.8. The van der Waals surface area contributed by atoms with Crippen molar-refractivity contribution in [2.75, 3.05) is 13.2 Å². The van der Waals surface area contributed by atoms with Crippen LogP contribution < -0.4 is 0 Å². The van der Waals surface area contributed by atoms with Crippen LogP contribution in [0.2, 0.25) is 0 Å². The highest BCUT2D eigenvalue weighted by atomic mass is 16.6. The van der Waals surface area contributed by atoms with Gasteiger partial charge in [0, 0.05) is 19.3 Å². The minimum Gasteiger partial charge on any atom is -0.462 e. The van der Waals surface area contributed by atoms with Crippen LogP contribution in [0.25, 0.3) is 0 Å². The molecule has 0 rings (SSSR count). The molecule has 0 aromatic heterocycles. The lowest BCUT2D eigenvalue weighted by Gasteiger charge is -2.18. The van der Waals surface area contributed by atoms with Crippen LogP contribution in [0.4, 0.5) is 0 Å². The van der Waals surface area contributed by atoms with Crippen molar-refractivity contribution in [2.45, 2.75) is 285 Å². The van der Waals surface area contributed by atoms with E-state index in [0.717, 1.165) is 69.6 Å². The fourth-order valence-corrected chi connectivity index (χ4v) is 7.60. The Kier molecular flexibility index (Phi) is 42.7. The molecule has 0 spiro atoms. The third-order valence-corrected chi connectivity index (χ3v) is 11.8. The number of ether oxygens (including phenoxy) is 3. The van der Waals surface area contributed by atoms with Gasteiger partial charge in [-0.15, -0.1) is 0 Å². The van der Waals surface area contributed by atoms with E-state index in [9.17, 15) is 14.4 Å². The summed E-state index contributed by atoms with van der Waals surface area (Å²) in [5, 5.41) is 0. The molecule has 0 amide bonds. The summed E-state index contributed by atoms with van der Waals surface area (Å²) >= 11 is 0. The predicted molar refractivity (Wildman–Crippen MR) is 243 cm³/mol. The molecule has 1 unspecified atom stereocenters. The maximum absolute atomic E-state index is 12.7. The largest absolute Gasteiger partial charge is 0.462 e. The van der Waals surface area contributed by atoms with Crippen LogP contribution in [0.5, 0.6) is 0 Å². The van der Waals surface area contributed by atoms with Crippen LogP contribution in [0.1, 0.15) is 279 Å². The summed E-state index contributed by atoms with van der Waals surface area (Å²) in [4.78, 5) is 37.8. The van der Waals surface area contributed by atoms with E-state index in [1.54, 1.807) is 0 Å². The average Bonchev–Trinajstić information content (AvgIpc) is 3.19. The molecular weight excluding hydrogens is 709 g/mol. The van der Waals surface area contributed by atoms with Crippen molar-refractivity contribution in [3.05, 3.63) is 0 Å². The Balaban J connectivity index is 4.24. The molecule has 0 aliphatic rings. The first-order valence-corrected chi connectivity index (χ1v) is 25.3. The van der Waals surface area contributed by atoms with E-state index in [-0.39, 0.29) is 31.1 Å². The smallest absolute Gasteiger partial charge is 0.306 e. The van der Waals surface area contributed by atoms with E-state index in [1.807, 2.05) is 0 Å². The van der Waals surface area contributed by atoms with Crippen molar-refractivity contribution in [1.29, 1.82) is 0 Å². The van der Waals surface area contributed by atoms with Gasteiger partial charge in [-0.1, -0.05) is 240 Å². The Morgan fingerprint density at radius 2 is 0.667 bits per heavy atom. The van der Waals surface area contributed by atoms with Crippen LogP contribution in [0.15, 0.2) is 0 Å². The molecule has 0 saturated heterocycles. The van der Waals surface area contributed by atoms with Crippen molar-refractivity contribution < 1.29 is 28.6 Å². The Labute approximate surface area is 355 Å². The van der Waals surface area contributed by atoms with Crippen LogP contribution in [-0.4, -0.2) is 37.2 Å². The van der Waals surface area contributed by atoms with Gasteiger partial charge in [-0.25, -0.2) is 0 Å². The van der Waals surface area contributed by atoms with Gasteiger partial charge in [-0.3, -0.25) is 14.4 Å². The molecule has 0 bridgehead atoms. The van der Waals surface area contributed by atoms with Gasteiger partial charge in [0.25, 0.3) is 0 Å². The molecule has 0 aliphatic heterocycles. The fourth-order valence-electron chi connectivity index (χ4n) is 7.60. The molecule has 0 saturated carbocycles. The normalized spacial score (nSPS) is 12.5. The summed E-state index contributed by atoms with van der Waals surface area (Å²) < 4.78 is 16.8. The van der Waals surface area contributed by atoms with Crippen LogP contribution >= 0.6 is 0 Å². The number of hydrogen-bond donors (Lipinski definition) is 0. The number of carbonyl (C=O) groups excluding carboxylic acids is 3. The van der Waals surface area contributed by atoms with Crippen LogP contribution in [-0.2, 0) is 28.6 Å². The number of hydrogen-bond acceptors (Lipinski definition) is 6. The SMILES string of the molecule is CCCCCCCCCCCCC(=O)O[C@@H](COC(=O)CCCCCCCCCCCCCCCCC(C)CC)COC(=O)CCCCCCCCCCC(C)C. The van der Waals surface area contributed by atoms with Crippen molar-refractivity contribution in [3.8, 4) is 0 Å². The minimum absolute atomic E-state index is 0.0642. The highest BCUT2D eigenvalue weighted by Gasteiger charge is 2.19. The lowest BCUT2D eigenvalue weighted by molar-refractivity contribution is -0.167. The van der Waals surface area contributed by atoms with Crippen molar-refractivity contribution in [1.82, 2.24) is 0 Å². The highest BCUT2D eigenvalue weighted by molar-refractivity contribution is 5.71. The zero-order valence-corrected chi connectivity index (χ0v) is 39.0. The summed E-state index contributed by atoms with van der Waals surface area (Å²) in [5.74, 6) is 0.839. The molecule has 0 aromatic rings. The maximum Gasteiger partial charge on any atom is 0.306 e. The van der Waals surface area contributed by atoms with E-state index in [2.05, 4.69) is 34.6 Å². The minimum atomic E-state index is -0.760. The summed E-state index contributed by atoms with van der Waals surface area (Å²) in [5.41, 5.74) is 0. The monoisotopic (exact) mass is 807 g/mol. The van der Waals surface area contributed by atoms with E-state index < -0.39 is 6.10 Å². The summed E-state index contributed by atoms with van der Waals surface area (Å²) in [6.07, 6.45) is 43.7. The van der Waals surface area contributed by atoms with Gasteiger partial charge >= 0.3 is 17.9 Å². The lowest BCUT2D eigenvalue weighted by Crippen LogP contribution is -2.30. The topological polar surface area (TPSA) is 78.9 Å². The zero-order valence-electron chi connectivity index (χ0n) is 39.0. The van der Waals surface area contributed by atoms with Gasteiger partial charge in [0.05, 0.1) is 0 Å². The molecule has 57 heavy (non-hydrogen) atoms. The second-order valence-electron chi connectivity index (χ2n) is 18.2. The van der Waals surface area contributed by atoms with E-state index >= 15 is 0 Å². The van der Waals surface area contributed by atoms with Gasteiger partial charge in [0.1, 0.15) is 13.2 Å². The number of unbranched alkanes of at least 4 members (excludes halogenated alkanes) is 29. The van der Waals surface area contributed by atoms with E-state index in [1.165, 1.54) is 167 Å². The zero-order chi connectivity index (χ0) is 41.9. The number of carbonyl (C=O) groups is 3. The quantitative estimate of drug-likeness (QED) is 0.0346. The highest BCUT2D eigenvalue weighted by Crippen LogP contribution is 2.18. The molecule has 0 fully saturated rings. The standard InChI is InChI=1S/C51H98O6/c1-6-8-9-10-11-12-20-28-33-38-43-51(54)57-48(45-56-50(53)42-37-32-27-23-22-24-29-34-39-46(3)4)44-55-49(52)41-36-31-26-21-18-16-14-13-15-17-19-25-30-35-40-47(5)7-2/h46-48H,6-45H2,1-5H3/t47?,48-/m0/s1. The Morgan fingerprint density at radius 1 is 0.368 bits per heavy atom. The Morgan fingerprint density at radius 3 is 1.00 bits per heavy atom. The van der Waals surface area contributed by atoms with Gasteiger partial charge in [-0.2, -0.15) is 0 Å². The van der Waals surface area contributed by atoms with Crippen molar-refractivity contribution in [3.63, 3.8) is 0 Å². The molecule has 338 valence electrons. The first-order valence-electron chi connectivity index (χ1n) is 25.3. The number of rotatable bonds is 45. The van der Waals surface area contributed by atoms with E-state index in [4.69, 9.17) is 14.2 Å². The molecule has 2 atom stereocenters. The lowest BCUT2D eigenvalue weighted by atomic mass is 9.99. The van der Waals surface area contributed by atoms with Crippen molar-refractivity contribution >= 4 is 17.9 Å². The summed E-state index contributed by atoms with van der Waals surface area (Å²) in [7, 11) is 0. The van der Waals surface area contributed by atoms with Gasteiger partial charge < -0.3 is 14.2 Å². The average molecular weight is 807 g/mol. The third kappa shape index (κ3) is 43.8. The fraction of sp³-hybridized carbons (Fsp3) is 0.941. The molecule has 0 radical (unpaired) electrons.